The SMILES string of the molecule is O=C(O)COc1cccc(COc2cccc3c2CN(c2ccc(C(F)(F)F)cc2)C3=O)c1. The second-order valence-electron chi connectivity index (χ2n) is 7.34. The Morgan fingerprint density at radius 1 is 1.00 bits per heavy atom. The molecule has 0 aliphatic carbocycles. The number of benzene rings is 3. The Morgan fingerprint density at radius 2 is 1.73 bits per heavy atom. The maximum atomic E-state index is 12.9. The molecule has 6 nitrogen and oxygen atoms in total. The van der Waals surface area contributed by atoms with Crippen LogP contribution in [0.3, 0.4) is 0 Å². The molecule has 33 heavy (non-hydrogen) atoms. The number of halogens is 3. The zero-order valence-electron chi connectivity index (χ0n) is 17.1. The normalized spacial score (nSPS) is 13.1. The molecule has 3 aromatic carbocycles. The zero-order chi connectivity index (χ0) is 23.6. The minimum absolute atomic E-state index is 0.148. The van der Waals surface area contributed by atoms with Gasteiger partial charge in [0.15, 0.2) is 6.61 Å². The van der Waals surface area contributed by atoms with Crippen LogP contribution in [-0.4, -0.2) is 23.6 Å². The molecule has 3 aromatic rings. The van der Waals surface area contributed by atoms with Gasteiger partial charge in [-0.15, -0.1) is 0 Å². The van der Waals surface area contributed by atoms with Gasteiger partial charge in [0, 0.05) is 16.8 Å². The van der Waals surface area contributed by atoms with Crippen molar-refractivity contribution in [1.29, 1.82) is 0 Å². The number of amides is 1. The molecule has 1 aliphatic heterocycles. The number of anilines is 1. The van der Waals surface area contributed by atoms with Gasteiger partial charge in [-0.3, -0.25) is 4.79 Å². The molecule has 170 valence electrons. The fourth-order valence-corrected chi connectivity index (χ4v) is 3.51. The largest absolute Gasteiger partial charge is 0.489 e. The van der Waals surface area contributed by atoms with Gasteiger partial charge in [-0.25, -0.2) is 4.79 Å². The molecule has 9 heteroatoms. The topological polar surface area (TPSA) is 76.1 Å². The number of hydrogen-bond acceptors (Lipinski definition) is 4. The highest BCUT2D eigenvalue weighted by Crippen LogP contribution is 2.36. The lowest BCUT2D eigenvalue weighted by Gasteiger charge is -2.17. The van der Waals surface area contributed by atoms with Gasteiger partial charge >= 0.3 is 12.1 Å². The van der Waals surface area contributed by atoms with Crippen molar-refractivity contribution >= 4 is 17.6 Å². The summed E-state index contributed by atoms with van der Waals surface area (Å²) < 4.78 is 49.6. The monoisotopic (exact) mass is 457 g/mol. The Balaban J connectivity index is 1.49. The molecule has 0 bridgehead atoms. The summed E-state index contributed by atoms with van der Waals surface area (Å²) in [6, 6.07) is 16.3. The molecular formula is C24H18F3NO5. The average molecular weight is 457 g/mol. The van der Waals surface area contributed by atoms with E-state index in [4.69, 9.17) is 14.6 Å². The predicted molar refractivity (Wildman–Crippen MR) is 112 cm³/mol. The van der Waals surface area contributed by atoms with Crippen molar-refractivity contribution in [2.45, 2.75) is 19.3 Å². The molecule has 0 saturated carbocycles. The fourth-order valence-electron chi connectivity index (χ4n) is 3.51. The lowest BCUT2D eigenvalue weighted by Crippen LogP contribution is -2.23. The van der Waals surface area contributed by atoms with Crippen LogP contribution in [0.5, 0.6) is 11.5 Å². The Bertz CT molecular complexity index is 1190. The first-order chi connectivity index (χ1) is 15.7. The van der Waals surface area contributed by atoms with E-state index in [9.17, 15) is 22.8 Å². The molecule has 4 rings (SSSR count). The van der Waals surface area contributed by atoms with Crippen LogP contribution in [0.1, 0.15) is 27.0 Å². The summed E-state index contributed by atoms with van der Waals surface area (Å²) in [5.41, 5.74) is 1.37. The molecule has 0 fully saturated rings. The van der Waals surface area contributed by atoms with Crippen molar-refractivity contribution < 1.29 is 37.3 Å². The number of carbonyl (C=O) groups excluding carboxylic acids is 1. The van der Waals surface area contributed by atoms with Gasteiger partial charge in [-0.2, -0.15) is 13.2 Å². The van der Waals surface area contributed by atoms with Crippen molar-refractivity contribution in [3.05, 3.63) is 89.0 Å². The first kappa shape index (κ1) is 22.2. The van der Waals surface area contributed by atoms with Crippen molar-refractivity contribution in [1.82, 2.24) is 0 Å². The van der Waals surface area contributed by atoms with Crippen molar-refractivity contribution in [3.63, 3.8) is 0 Å². The predicted octanol–water partition coefficient (Wildman–Crippen LogP) is 4.91. The second kappa shape index (κ2) is 8.85. The molecule has 0 saturated heterocycles. The standard InChI is InChI=1S/C24H18F3NO5/c25-24(26,27)16-7-9-17(10-8-16)28-12-20-19(23(28)31)5-2-6-21(20)33-13-15-3-1-4-18(11-15)32-14-22(29)30/h1-11H,12-14H2,(H,29,30). The molecule has 0 unspecified atom stereocenters. The van der Waals surface area contributed by atoms with Crippen LogP contribution in [0.4, 0.5) is 18.9 Å². The van der Waals surface area contributed by atoms with Crippen molar-refractivity contribution in [3.8, 4) is 11.5 Å². The number of nitrogens with zero attached hydrogens (tertiary/aromatic N) is 1. The highest BCUT2D eigenvalue weighted by Gasteiger charge is 2.33. The summed E-state index contributed by atoms with van der Waals surface area (Å²) in [5, 5.41) is 8.73. The van der Waals surface area contributed by atoms with E-state index in [1.54, 1.807) is 42.5 Å². The third kappa shape index (κ3) is 4.92. The first-order valence-corrected chi connectivity index (χ1v) is 9.90. The summed E-state index contributed by atoms with van der Waals surface area (Å²) in [7, 11) is 0. The molecule has 0 atom stereocenters. The van der Waals surface area contributed by atoms with Gasteiger partial charge in [0.1, 0.15) is 18.1 Å². The maximum Gasteiger partial charge on any atom is 0.416 e. The van der Waals surface area contributed by atoms with E-state index in [1.807, 2.05) is 0 Å². The van der Waals surface area contributed by atoms with E-state index in [2.05, 4.69) is 0 Å². The average Bonchev–Trinajstić information content (AvgIpc) is 3.13. The van der Waals surface area contributed by atoms with E-state index >= 15 is 0 Å². The quantitative estimate of drug-likeness (QED) is 0.546. The number of rotatable bonds is 7. The number of hydrogen-bond donors (Lipinski definition) is 1. The molecule has 0 spiro atoms. The van der Waals surface area contributed by atoms with Gasteiger partial charge in [0.2, 0.25) is 0 Å². The Hall–Kier alpha value is -4.01. The van der Waals surface area contributed by atoms with Gasteiger partial charge < -0.3 is 19.5 Å². The lowest BCUT2D eigenvalue weighted by atomic mass is 10.1. The van der Waals surface area contributed by atoms with Gasteiger partial charge in [-0.05, 0) is 54.1 Å². The number of alkyl halides is 3. The highest BCUT2D eigenvalue weighted by atomic mass is 19.4. The van der Waals surface area contributed by atoms with Crippen molar-refractivity contribution in [2.75, 3.05) is 11.5 Å². The number of carboxylic acids is 1. The third-order valence-electron chi connectivity index (χ3n) is 5.09. The van der Waals surface area contributed by atoms with Crippen molar-refractivity contribution in [2.24, 2.45) is 0 Å². The summed E-state index contributed by atoms with van der Waals surface area (Å²) in [6.45, 7) is -0.148. The zero-order valence-corrected chi connectivity index (χ0v) is 17.1. The third-order valence-corrected chi connectivity index (χ3v) is 5.09. The summed E-state index contributed by atoms with van der Waals surface area (Å²) in [6.07, 6.45) is -4.45. The highest BCUT2D eigenvalue weighted by molar-refractivity contribution is 6.10. The Morgan fingerprint density at radius 3 is 2.42 bits per heavy atom. The number of carbonyl (C=O) groups is 2. The molecule has 0 radical (unpaired) electrons. The molecule has 1 heterocycles. The maximum absolute atomic E-state index is 12.9. The van der Waals surface area contributed by atoms with Crippen LogP contribution in [0, 0.1) is 0 Å². The van der Waals surface area contributed by atoms with E-state index in [0.717, 1.165) is 17.7 Å². The summed E-state index contributed by atoms with van der Waals surface area (Å²) in [5.74, 6) is -0.536. The first-order valence-electron chi connectivity index (χ1n) is 9.90. The van der Waals surface area contributed by atoms with Gasteiger partial charge in [-0.1, -0.05) is 18.2 Å². The number of fused-ring (bicyclic) bond motifs is 1. The van der Waals surface area contributed by atoms with Crippen LogP contribution >= 0.6 is 0 Å². The van der Waals surface area contributed by atoms with Gasteiger partial charge in [0.05, 0.1) is 12.1 Å². The van der Waals surface area contributed by atoms with E-state index < -0.39 is 24.3 Å². The second-order valence-corrected chi connectivity index (χ2v) is 7.34. The fraction of sp³-hybridized carbons (Fsp3) is 0.167. The molecule has 1 aliphatic rings. The summed E-state index contributed by atoms with van der Waals surface area (Å²) >= 11 is 0. The minimum atomic E-state index is -4.45. The summed E-state index contributed by atoms with van der Waals surface area (Å²) in [4.78, 5) is 24.9. The van der Waals surface area contributed by atoms with Gasteiger partial charge in [0.25, 0.3) is 5.91 Å². The lowest BCUT2D eigenvalue weighted by molar-refractivity contribution is -0.139. The number of ether oxygens (including phenoxy) is 2. The number of carboxylic acid groups (broad SMARTS) is 1. The van der Waals surface area contributed by atoms with E-state index in [0.29, 0.717) is 28.3 Å². The Kier molecular flexibility index (Phi) is 5.95. The minimum Gasteiger partial charge on any atom is -0.489 e. The number of aliphatic carboxylic acids is 1. The molecule has 0 aromatic heterocycles. The van der Waals surface area contributed by atoms with Crippen LogP contribution in [0.2, 0.25) is 0 Å². The Labute approximate surface area is 186 Å². The van der Waals surface area contributed by atoms with E-state index in [1.165, 1.54) is 17.0 Å². The molecule has 1 N–H and O–H groups in total. The molecular weight excluding hydrogens is 439 g/mol. The van der Waals surface area contributed by atoms with Crippen LogP contribution in [0.25, 0.3) is 0 Å². The molecule has 1 amide bonds. The smallest absolute Gasteiger partial charge is 0.416 e. The van der Waals surface area contributed by atoms with Crippen LogP contribution < -0.4 is 14.4 Å². The van der Waals surface area contributed by atoms with E-state index in [-0.39, 0.29) is 19.1 Å². The van der Waals surface area contributed by atoms with Crippen LogP contribution in [-0.2, 0) is 24.1 Å². The van der Waals surface area contributed by atoms with Crippen LogP contribution in [0.15, 0.2) is 66.7 Å².